The first-order chi connectivity index (χ1) is 8.91. The van der Waals surface area contributed by atoms with Crippen LogP contribution >= 0.6 is 0 Å². The van der Waals surface area contributed by atoms with E-state index in [0.29, 0.717) is 38.1 Å². The van der Waals surface area contributed by atoms with Crippen LogP contribution in [0, 0.1) is 0 Å². The van der Waals surface area contributed by atoms with Crippen LogP contribution in [-0.2, 0) is 4.79 Å². The van der Waals surface area contributed by atoms with Gasteiger partial charge in [0.25, 0.3) is 0 Å². The number of likely N-dealkylation sites (tertiary alicyclic amines) is 1. The van der Waals surface area contributed by atoms with Gasteiger partial charge in [-0.2, -0.15) is 0 Å². The number of amides is 2. The summed E-state index contributed by atoms with van der Waals surface area (Å²) in [7, 11) is 2.06. The molecule has 2 aliphatic heterocycles. The Bertz CT molecular complexity index is 362. The Morgan fingerprint density at radius 3 is 2.26 bits per heavy atom. The van der Waals surface area contributed by atoms with E-state index in [9.17, 15) is 9.59 Å². The molecule has 0 aromatic carbocycles. The lowest BCUT2D eigenvalue weighted by Gasteiger charge is -2.43. The summed E-state index contributed by atoms with van der Waals surface area (Å²) < 4.78 is 0. The Balaban J connectivity index is 2.05. The fourth-order valence-corrected chi connectivity index (χ4v) is 2.99. The Hall–Kier alpha value is -1.30. The van der Waals surface area contributed by atoms with Gasteiger partial charge in [0, 0.05) is 31.7 Å². The maximum absolute atomic E-state index is 12.5. The second kappa shape index (κ2) is 5.36. The molecule has 6 heteroatoms. The SMILES string of the molecule is CC1CN(C(=O)N2CCC[C@H]2C(=O)O)CC(C)N1C. The van der Waals surface area contributed by atoms with Crippen molar-refractivity contribution in [1.29, 1.82) is 0 Å². The molecule has 0 saturated carbocycles. The smallest absolute Gasteiger partial charge is 0.326 e. The van der Waals surface area contributed by atoms with Gasteiger partial charge in [0.1, 0.15) is 6.04 Å². The van der Waals surface area contributed by atoms with E-state index in [-0.39, 0.29) is 6.03 Å². The molecule has 2 saturated heterocycles. The standard InChI is InChI=1S/C13H23N3O3/c1-9-7-15(8-10(2)14(9)3)13(19)16-6-4-5-11(16)12(17)18/h9-11H,4-8H2,1-3H3,(H,17,18)/t9?,10?,11-/m0/s1. The molecule has 1 N–H and O–H groups in total. The number of carboxylic acid groups (broad SMARTS) is 1. The minimum atomic E-state index is -0.888. The summed E-state index contributed by atoms with van der Waals surface area (Å²) in [5, 5.41) is 9.16. The summed E-state index contributed by atoms with van der Waals surface area (Å²) in [6.45, 7) is 6.08. The Morgan fingerprint density at radius 2 is 1.74 bits per heavy atom. The molecule has 2 unspecified atom stereocenters. The number of piperazine rings is 1. The molecule has 0 aromatic heterocycles. The van der Waals surface area contributed by atoms with Gasteiger partial charge < -0.3 is 14.9 Å². The van der Waals surface area contributed by atoms with Crippen molar-refractivity contribution in [1.82, 2.24) is 14.7 Å². The van der Waals surface area contributed by atoms with E-state index < -0.39 is 12.0 Å². The molecule has 3 atom stereocenters. The second-order valence-corrected chi connectivity index (χ2v) is 5.74. The monoisotopic (exact) mass is 269 g/mol. The highest BCUT2D eigenvalue weighted by Crippen LogP contribution is 2.22. The van der Waals surface area contributed by atoms with Crippen molar-refractivity contribution in [2.24, 2.45) is 0 Å². The molecule has 0 spiro atoms. The molecule has 19 heavy (non-hydrogen) atoms. The van der Waals surface area contributed by atoms with E-state index in [1.165, 1.54) is 4.90 Å². The van der Waals surface area contributed by atoms with Gasteiger partial charge in [-0.3, -0.25) is 4.90 Å². The Kier molecular flexibility index (Phi) is 3.99. The third-order valence-corrected chi connectivity index (χ3v) is 4.41. The second-order valence-electron chi connectivity index (χ2n) is 5.74. The highest BCUT2D eigenvalue weighted by atomic mass is 16.4. The lowest BCUT2D eigenvalue weighted by Crippen LogP contribution is -2.59. The molecule has 2 amide bonds. The van der Waals surface area contributed by atoms with E-state index in [4.69, 9.17) is 5.11 Å². The maximum atomic E-state index is 12.5. The zero-order valence-electron chi connectivity index (χ0n) is 11.9. The minimum Gasteiger partial charge on any atom is -0.480 e. The summed E-state index contributed by atoms with van der Waals surface area (Å²) in [5.41, 5.74) is 0. The third-order valence-electron chi connectivity index (χ3n) is 4.41. The van der Waals surface area contributed by atoms with Crippen LogP contribution in [0.5, 0.6) is 0 Å². The number of carbonyl (C=O) groups excluding carboxylic acids is 1. The van der Waals surface area contributed by atoms with Crippen molar-refractivity contribution in [2.45, 2.75) is 44.8 Å². The van der Waals surface area contributed by atoms with Crippen LogP contribution in [0.3, 0.4) is 0 Å². The number of carboxylic acids is 1. The van der Waals surface area contributed by atoms with Crippen LogP contribution in [0.15, 0.2) is 0 Å². The van der Waals surface area contributed by atoms with Crippen LogP contribution in [-0.4, -0.2) is 76.6 Å². The number of hydrogen-bond acceptors (Lipinski definition) is 3. The molecule has 2 rings (SSSR count). The molecular weight excluding hydrogens is 246 g/mol. The zero-order chi connectivity index (χ0) is 14.2. The normalized spacial score (nSPS) is 32.7. The quantitative estimate of drug-likeness (QED) is 0.760. The zero-order valence-corrected chi connectivity index (χ0v) is 11.9. The lowest BCUT2D eigenvalue weighted by molar-refractivity contribution is -0.141. The van der Waals surface area contributed by atoms with Crippen LogP contribution in [0.1, 0.15) is 26.7 Å². The average Bonchev–Trinajstić information content (AvgIpc) is 2.83. The Morgan fingerprint density at radius 1 is 1.16 bits per heavy atom. The molecule has 0 radical (unpaired) electrons. The van der Waals surface area contributed by atoms with Crippen molar-refractivity contribution < 1.29 is 14.7 Å². The lowest BCUT2D eigenvalue weighted by atomic mass is 10.1. The van der Waals surface area contributed by atoms with Gasteiger partial charge in [-0.25, -0.2) is 9.59 Å². The van der Waals surface area contributed by atoms with Gasteiger partial charge >= 0.3 is 12.0 Å². The molecule has 0 bridgehead atoms. The molecule has 0 aliphatic carbocycles. The Labute approximate surface area is 114 Å². The molecule has 0 aromatic rings. The van der Waals surface area contributed by atoms with E-state index >= 15 is 0 Å². The summed E-state index contributed by atoms with van der Waals surface area (Å²) in [4.78, 5) is 29.2. The highest BCUT2D eigenvalue weighted by Gasteiger charge is 2.38. The van der Waals surface area contributed by atoms with E-state index in [0.717, 1.165) is 6.42 Å². The number of urea groups is 1. The van der Waals surface area contributed by atoms with Crippen LogP contribution in [0.2, 0.25) is 0 Å². The van der Waals surface area contributed by atoms with Crippen molar-refractivity contribution in [3.05, 3.63) is 0 Å². The van der Waals surface area contributed by atoms with Crippen molar-refractivity contribution in [3.63, 3.8) is 0 Å². The van der Waals surface area contributed by atoms with Crippen LogP contribution < -0.4 is 0 Å². The summed E-state index contributed by atoms with van der Waals surface area (Å²) in [6.07, 6.45) is 1.35. The number of hydrogen-bond donors (Lipinski definition) is 1. The molecule has 6 nitrogen and oxygen atoms in total. The number of likely N-dealkylation sites (N-methyl/N-ethyl adjacent to an activating group) is 1. The largest absolute Gasteiger partial charge is 0.480 e. The van der Waals surface area contributed by atoms with Gasteiger partial charge in [0.2, 0.25) is 0 Å². The molecule has 2 heterocycles. The number of aliphatic carboxylic acids is 1. The molecule has 2 aliphatic rings. The van der Waals surface area contributed by atoms with Gasteiger partial charge in [0.15, 0.2) is 0 Å². The number of rotatable bonds is 1. The van der Waals surface area contributed by atoms with Crippen LogP contribution in [0.25, 0.3) is 0 Å². The van der Waals surface area contributed by atoms with Gasteiger partial charge in [-0.15, -0.1) is 0 Å². The summed E-state index contributed by atoms with van der Waals surface area (Å²) in [5.74, 6) is -0.888. The first-order valence-corrected chi connectivity index (χ1v) is 6.92. The van der Waals surface area contributed by atoms with Gasteiger partial charge in [0.05, 0.1) is 0 Å². The summed E-state index contributed by atoms with van der Waals surface area (Å²) >= 11 is 0. The van der Waals surface area contributed by atoms with E-state index in [2.05, 4.69) is 25.8 Å². The summed E-state index contributed by atoms with van der Waals surface area (Å²) in [6, 6.07) is -0.147. The van der Waals surface area contributed by atoms with E-state index in [1.807, 2.05) is 0 Å². The molecule has 108 valence electrons. The predicted molar refractivity (Wildman–Crippen MR) is 71.0 cm³/mol. The van der Waals surface area contributed by atoms with Crippen molar-refractivity contribution >= 4 is 12.0 Å². The van der Waals surface area contributed by atoms with Gasteiger partial charge in [-0.05, 0) is 33.7 Å². The molecular formula is C13H23N3O3. The van der Waals surface area contributed by atoms with Gasteiger partial charge in [-0.1, -0.05) is 0 Å². The molecule has 2 fully saturated rings. The third kappa shape index (κ3) is 2.68. The van der Waals surface area contributed by atoms with Crippen molar-refractivity contribution in [2.75, 3.05) is 26.7 Å². The highest BCUT2D eigenvalue weighted by molar-refractivity contribution is 5.83. The average molecular weight is 269 g/mol. The predicted octanol–water partition coefficient (Wildman–Crippen LogP) is 0.680. The number of carbonyl (C=O) groups is 2. The van der Waals surface area contributed by atoms with E-state index in [1.54, 1.807) is 4.90 Å². The fourth-order valence-electron chi connectivity index (χ4n) is 2.99. The topological polar surface area (TPSA) is 64.1 Å². The van der Waals surface area contributed by atoms with Crippen molar-refractivity contribution in [3.8, 4) is 0 Å². The minimum absolute atomic E-state index is 0.114. The first kappa shape index (κ1) is 14.1. The maximum Gasteiger partial charge on any atom is 0.326 e. The fraction of sp³-hybridized carbons (Fsp3) is 0.846. The first-order valence-electron chi connectivity index (χ1n) is 6.92. The van der Waals surface area contributed by atoms with Crippen LogP contribution in [0.4, 0.5) is 4.79 Å². The number of nitrogens with zero attached hydrogens (tertiary/aromatic N) is 3.